The van der Waals surface area contributed by atoms with Gasteiger partial charge in [0.25, 0.3) is 5.56 Å². The van der Waals surface area contributed by atoms with Gasteiger partial charge in [-0.15, -0.1) is 11.8 Å². The topological polar surface area (TPSA) is 171 Å². The summed E-state index contributed by atoms with van der Waals surface area (Å²) in [7, 11) is 0. The molecular formula is C33H48N6O7. The summed E-state index contributed by atoms with van der Waals surface area (Å²) < 4.78 is 27.1. The van der Waals surface area contributed by atoms with Crippen LogP contribution in [0, 0.1) is 40.9 Å². The Morgan fingerprint density at radius 1 is 1.26 bits per heavy atom. The molecule has 13 nitrogen and oxygen atoms in total. The van der Waals surface area contributed by atoms with Crippen LogP contribution in [-0.2, 0) is 14.2 Å². The van der Waals surface area contributed by atoms with E-state index in [0.29, 0.717) is 24.3 Å². The summed E-state index contributed by atoms with van der Waals surface area (Å²) in [5, 5.41) is 19.4. The van der Waals surface area contributed by atoms with Gasteiger partial charge in [0.2, 0.25) is 7.85 Å². The van der Waals surface area contributed by atoms with Crippen molar-refractivity contribution in [1.82, 2.24) is 25.1 Å². The molecule has 4 N–H and O–H groups in total. The molecule has 2 amide bonds. The van der Waals surface area contributed by atoms with Crippen LogP contribution in [0.15, 0.2) is 21.9 Å². The third kappa shape index (κ3) is 9.30. The Hall–Kier alpha value is -3.46. The van der Waals surface area contributed by atoms with E-state index in [9.17, 15) is 14.4 Å². The number of fused-ring (bicyclic) bond motifs is 1. The van der Waals surface area contributed by atoms with Gasteiger partial charge >= 0.3 is 11.7 Å². The van der Waals surface area contributed by atoms with Crippen molar-refractivity contribution in [3.05, 3.63) is 38.7 Å². The van der Waals surface area contributed by atoms with Crippen molar-refractivity contribution in [2.24, 2.45) is 17.8 Å². The van der Waals surface area contributed by atoms with Crippen LogP contribution >= 0.6 is 0 Å². The molecule has 0 radical (unpaired) electrons. The summed E-state index contributed by atoms with van der Waals surface area (Å²) in [5.41, 5.74) is -1.04. The molecule has 1 aromatic heterocycles. The Balaban J connectivity index is 1.36. The summed E-state index contributed by atoms with van der Waals surface area (Å²) in [4.78, 5) is 42.2. The first-order valence-corrected chi connectivity index (χ1v) is 16.3. The number of aromatic nitrogens is 2. The Labute approximate surface area is 271 Å². The number of nitrogens with one attached hydrogen (secondary N) is 3. The van der Waals surface area contributed by atoms with E-state index in [1.807, 2.05) is 32.6 Å². The normalized spacial score (nSPS) is 26.5. The standard InChI is InChI=1S/C33H48N6O7/c1-21(2)39(22(3)4)33(44-16-10-14-34)46-27-17-29(45-28(27)20-40)38-19-23(30(41)37-32(38)43)11-9-15-35-31(42)36-18-26-24-12-7-5-6-8-13-25(24)26/h9,11,19,21-22,24-29,33,40H,7-8,10,12-13,15-18,20H2,1-4H3,(H2,35,36,42)(H,37,41,43)/b11-9+/t24-,25+,26-,27?,28-,29-,33?/m1/s1/i40D. The van der Waals surface area contributed by atoms with Crippen molar-refractivity contribution >= 4 is 12.1 Å². The summed E-state index contributed by atoms with van der Waals surface area (Å²) in [6, 6.07) is 1.89. The lowest BCUT2D eigenvalue weighted by Crippen LogP contribution is -2.50. The lowest BCUT2D eigenvalue weighted by molar-refractivity contribution is -0.265. The smallest absolute Gasteiger partial charge is 0.330 e. The average Bonchev–Trinajstić information content (AvgIpc) is 3.48. The molecule has 4 rings (SSSR count). The summed E-state index contributed by atoms with van der Waals surface area (Å²) in [6.45, 7) is 8.90. The molecule has 1 aromatic rings. The number of carbonyl (C=O) groups excluding carboxylic acids is 1. The number of aromatic amines is 1. The molecule has 1 saturated heterocycles. The molecule has 2 fully saturated rings. The van der Waals surface area contributed by atoms with E-state index < -0.39 is 36.1 Å². The maximum Gasteiger partial charge on any atom is 0.330 e. The van der Waals surface area contributed by atoms with Gasteiger partial charge in [-0.05, 0) is 58.3 Å². The van der Waals surface area contributed by atoms with E-state index in [0.717, 1.165) is 25.7 Å². The van der Waals surface area contributed by atoms with Crippen molar-refractivity contribution in [3.63, 3.8) is 0 Å². The van der Waals surface area contributed by atoms with E-state index in [1.54, 1.807) is 6.08 Å². The van der Waals surface area contributed by atoms with Gasteiger partial charge in [0.15, 0.2) is 0 Å². The molecule has 1 saturated carbocycles. The number of nitrogens with zero attached hydrogens (tertiary/aromatic N) is 3. The highest BCUT2D eigenvalue weighted by molar-refractivity contribution is 5.74. The number of ether oxygens (including phenoxy) is 3. The first-order valence-electron chi connectivity index (χ1n) is 16.7. The third-order valence-electron chi connectivity index (χ3n) is 8.87. The summed E-state index contributed by atoms with van der Waals surface area (Å²) in [6.07, 6.45) is 6.06. The zero-order valence-electron chi connectivity index (χ0n) is 28.2. The number of nitriles is 1. The Bertz CT molecular complexity index is 1420. The fourth-order valence-corrected chi connectivity index (χ4v) is 6.58. The van der Waals surface area contributed by atoms with E-state index in [4.69, 9.17) is 20.9 Å². The minimum Gasteiger partial charge on any atom is -0.394 e. The number of amides is 2. The van der Waals surface area contributed by atoms with E-state index in [1.165, 1.54) is 16.8 Å². The highest BCUT2D eigenvalue weighted by Gasteiger charge is 2.48. The van der Waals surface area contributed by atoms with Gasteiger partial charge in [0, 0.05) is 50.6 Å². The van der Waals surface area contributed by atoms with Crippen LogP contribution in [0.1, 0.15) is 78.0 Å². The second kappa shape index (κ2) is 16.9. The second-order valence-electron chi connectivity index (χ2n) is 12.6. The van der Waals surface area contributed by atoms with Gasteiger partial charge in [-0.25, -0.2) is 9.59 Å². The highest BCUT2D eigenvalue weighted by atomic mass is 16.7. The van der Waals surface area contributed by atoms with Gasteiger partial charge in [-0.3, -0.25) is 19.2 Å². The van der Waals surface area contributed by atoms with Gasteiger partial charge in [-0.1, -0.05) is 12.2 Å². The van der Waals surface area contributed by atoms with E-state index in [-0.39, 0.29) is 56.3 Å². The molecular weight excluding hydrogens is 592 g/mol. The molecule has 0 spiro atoms. The molecule has 0 aromatic carbocycles. The maximum absolute atomic E-state index is 12.9. The average molecular weight is 642 g/mol. The number of hydrogen-bond donors (Lipinski definition) is 4. The van der Waals surface area contributed by atoms with E-state index >= 15 is 0 Å². The van der Waals surface area contributed by atoms with Crippen molar-refractivity contribution in [2.45, 2.75) is 103 Å². The molecule has 2 heterocycles. The molecule has 1 aliphatic heterocycles. The van der Waals surface area contributed by atoms with Crippen LogP contribution in [0.4, 0.5) is 4.79 Å². The lowest BCUT2D eigenvalue weighted by Gasteiger charge is -2.38. The highest BCUT2D eigenvalue weighted by Crippen LogP contribution is 2.51. The van der Waals surface area contributed by atoms with Crippen molar-refractivity contribution in [2.75, 3.05) is 26.3 Å². The van der Waals surface area contributed by atoms with Crippen LogP contribution in [-0.4, -0.2) is 84.0 Å². The zero-order valence-corrected chi connectivity index (χ0v) is 27.2. The summed E-state index contributed by atoms with van der Waals surface area (Å²) >= 11 is 0. The molecule has 46 heavy (non-hydrogen) atoms. The monoisotopic (exact) mass is 641 g/mol. The van der Waals surface area contributed by atoms with Crippen molar-refractivity contribution in [1.29, 1.82) is 6.69 Å². The minimum absolute atomic E-state index is 0.0510. The summed E-state index contributed by atoms with van der Waals surface area (Å²) in [5.74, 6) is 8.18. The number of urea groups is 1. The SMILES string of the molecule is [2H]OC[C@H]1O[C@@H](n2cc(/C=C/CNC(=O)NC[C@@H]3[C@@H]4CCC#CCC[C@@H]43)c(=O)[nH]c2=O)CC1OC(OCCC#N)N(C(C)C)C(C)C. The Kier molecular flexibility index (Phi) is 12.5. The number of H-pyrrole nitrogens is 1. The first kappa shape index (κ1) is 33.9. The third-order valence-corrected chi connectivity index (χ3v) is 8.87. The van der Waals surface area contributed by atoms with Crippen LogP contribution < -0.4 is 21.9 Å². The quantitative estimate of drug-likeness (QED) is 0.120. The molecule has 2 aliphatic carbocycles. The Morgan fingerprint density at radius 3 is 2.63 bits per heavy atom. The predicted molar refractivity (Wildman–Crippen MR) is 171 cm³/mol. The van der Waals surface area contributed by atoms with Crippen molar-refractivity contribution in [3.8, 4) is 17.9 Å². The minimum atomic E-state index is -0.821. The first-order chi connectivity index (χ1) is 22.6. The van der Waals surface area contributed by atoms with Gasteiger partial charge < -0.3 is 30.0 Å². The van der Waals surface area contributed by atoms with Gasteiger partial charge in [0.1, 0.15) is 12.3 Å². The zero-order chi connectivity index (χ0) is 33.9. The van der Waals surface area contributed by atoms with Crippen LogP contribution in [0.5, 0.6) is 0 Å². The lowest BCUT2D eigenvalue weighted by atomic mass is 10.1. The van der Waals surface area contributed by atoms with Gasteiger partial charge in [-0.2, -0.15) is 5.26 Å². The number of rotatable bonds is 16. The maximum atomic E-state index is 12.9. The largest absolute Gasteiger partial charge is 0.394 e. The second-order valence-corrected chi connectivity index (χ2v) is 12.6. The number of aliphatic hydroxyl groups excluding tert-OH is 1. The van der Waals surface area contributed by atoms with Crippen molar-refractivity contribution < 1.29 is 24.1 Å². The molecule has 7 atom stereocenters. The molecule has 3 aliphatic rings. The molecule has 13 heteroatoms. The molecule has 0 bridgehead atoms. The fourth-order valence-electron chi connectivity index (χ4n) is 6.58. The number of hydrogen-bond acceptors (Lipinski definition) is 9. The molecule has 252 valence electrons. The number of aliphatic hydroxyl groups is 1. The van der Waals surface area contributed by atoms with Crippen LogP contribution in [0.2, 0.25) is 0 Å². The van der Waals surface area contributed by atoms with E-state index in [2.05, 4.69) is 38.6 Å². The van der Waals surface area contributed by atoms with Crippen LogP contribution in [0.3, 0.4) is 0 Å². The number of carbonyl (C=O) groups is 1. The Morgan fingerprint density at radius 2 is 1.98 bits per heavy atom. The fraction of sp³-hybridized carbons (Fsp3) is 0.697. The van der Waals surface area contributed by atoms with Gasteiger partial charge in [0.05, 0.1) is 37.4 Å². The predicted octanol–water partition coefficient (Wildman–Crippen LogP) is 2.29. The van der Waals surface area contributed by atoms with Crippen LogP contribution in [0.25, 0.3) is 6.08 Å². The molecule has 2 unspecified atom stereocenters.